The molecule has 0 radical (unpaired) electrons. The standard InChI is InChI=1S/C20H16N6OS/c1-13-6-2-5-9-17(13)26-12-22-25-20(26)28-11-18(27)14(10-21)19-23-15-7-3-4-8-16(15)24-19/h2-9,12,27H,11H2,1H3,(H,23,24)/b18-14-. The SMILES string of the molecule is Cc1ccccc1-n1cnnc1SC/C(O)=C(\C#N)c1nc2ccccc2[nH]1. The Morgan fingerprint density at radius 1 is 1.21 bits per heavy atom. The number of nitrogens with one attached hydrogen (secondary N) is 1. The lowest BCUT2D eigenvalue weighted by molar-refractivity contribution is 0.420. The number of fused-ring (bicyclic) bond motifs is 1. The van der Waals surface area contributed by atoms with Crippen LogP contribution >= 0.6 is 11.8 Å². The largest absolute Gasteiger partial charge is 0.510 e. The number of hydrogen-bond acceptors (Lipinski definition) is 6. The summed E-state index contributed by atoms with van der Waals surface area (Å²) >= 11 is 1.30. The summed E-state index contributed by atoms with van der Waals surface area (Å²) in [5.74, 6) is 0.456. The van der Waals surface area contributed by atoms with E-state index in [0.29, 0.717) is 11.0 Å². The number of aromatic nitrogens is 5. The lowest BCUT2D eigenvalue weighted by atomic mass is 10.2. The van der Waals surface area contributed by atoms with Gasteiger partial charge in [0.1, 0.15) is 23.7 Å². The predicted molar refractivity (Wildman–Crippen MR) is 108 cm³/mol. The average molecular weight is 388 g/mol. The molecule has 0 unspecified atom stereocenters. The van der Waals surface area contributed by atoms with Gasteiger partial charge in [-0.3, -0.25) is 4.57 Å². The summed E-state index contributed by atoms with van der Waals surface area (Å²) in [6, 6.07) is 17.4. The van der Waals surface area contributed by atoms with Crippen molar-refractivity contribution in [1.29, 1.82) is 5.26 Å². The highest BCUT2D eigenvalue weighted by Crippen LogP contribution is 2.26. The van der Waals surface area contributed by atoms with Crippen molar-refractivity contribution in [3.63, 3.8) is 0 Å². The first-order valence-corrected chi connectivity index (χ1v) is 9.52. The Morgan fingerprint density at radius 3 is 2.79 bits per heavy atom. The average Bonchev–Trinajstić information content (AvgIpc) is 3.34. The molecule has 0 aliphatic heterocycles. The topological polar surface area (TPSA) is 103 Å². The summed E-state index contributed by atoms with van der Waals surface area (Å²) in [6.07, 6.45) is 1.63. The zero-order valence-corrected chi connectivity index (χ0v) is 15.8. The van der Waals surface area contributed by atoms with E-state index in [4.69, 9.17) is 0 Å². The minimum Gasteiger partial charge on any atom is -0.510 e. The van der Waals surface area contributed by atoms with Crippen LogP contribution in [0.3, 0.4) is 0 Å². The number of aliphatic hydroxyl groups excluding tert-OH is 1. The number of aryl methyl sites for hydroxylation is 1. The number of aromatic amines is 1. The van der Waals surface area contributed by atoms with E-state index in [9.17, 15) is 10.4 Å². The molecule has 7 nitrogen and oxygen atoms in total. The van der Waals surface area contributed by atoms with Crippen LogP contribution in [0.15, 0.2) is 65.8 Å². The third kappa shape index (κ3) is 3.35. The molecule has 0 bridgehead atoms. The number of rotatable bonds is 5. The molecule has 2 N–H and O–H groups in total. The molecule has 0 saturated carbocycles. The maximum atomic E-state index is 10.5. The van der Waals surface area contributed by atoms with Crippen molar-refractivity contribution in [2.75, 3.05) is 5.75 Å². The molecule has 138 valence electrons. The number of para-hydroxylation sites is 3. The Balaban J connectivity index is 1.60. The quantitative estimate of drug-likeness (QED) is 0.304. The van der Waals surface area contributed by atoms with Gasteiger partial charge in [-0.2, -0.15) is 5.26 Å². The lowest BCUT2D eigenvalue weighted by Crippen LogP contribution is -2.00. The van der Waals surface area contributed by atoms with Gasteiger partial charge in [-0.05, 0) is 30.7 Å². The molecule has 2 aromatic carbocycles. The van der Waals surface area contributed by atoms with E-state index < -0.39 is 0 Å². The Hall–Kier alpha value is -3.57. The van der Waals surface area contributed by atoms with Crippen molar-refractivity contribution in [2.45, 2.75) is 12.1 Å². The number of hydrogen-bond donors (Lipinski definition) is 2. The molecule has 4 aromatic rings. The van der Waals surface area contributed by atoms with Crippen LogP contribution in [0.2, 0.25) is 0 Å². The second-order valence-corrected chi connectivity index (χ2v) is 7.04. The monoisotopic (exact) mass is 388 g/mol. The van der Waals surface area contributed by atoms with Crippen molar-refractivity contribution in [3.05, 3.63) is 72.0 Å². The van der Waals surface area contributed by atoms with Crippen molar-refractivity contribution in [1.82, 2.24) is 24.7 Å². The number of allylic oxidation sites excluding steroid dienone is 1. The van der Waals surface area contributed by atoms with E-state index in [-0.39, 0.29) is 17.1 Å². The van der Waals surface area contributed by atoms with Crippen molar-refractivity contribution >= 4 is 28.4 Å². The second-order valence-electron chi connectivity index (χ2n) is 6.09. The molecule has 2 heterocycles. The van der Waals surface area contributed by atoms with Crippen LogP contribution in [0, 0.1) is 18.3 Å². The molecule has 0 aliphatic carbocycles. The van der Waals surface area contributed by atoms with E-state index in [0.717, 1.165) is 22.3 Å². The fourth-order valence-corrected chi connectivity index (χ4v) is 3.65. The minimum atomic E-state index is -0.0640. The highest BCUT2D eigenvalue weighted by atomic mass is 32.2. The first-order valence-electron chi connectivity index (χ1n) is 8.53. The van der Waals surface area contributed by atoms with Gasteiger partial charge in [0.2, 0.25) is 0 Å². The smallest absolute Gasteiger partial charge is 0.196 e. The molecular weight excluding hydrogens is 372 g/mol. The molecule has 0 fully saturated rings. The molecular formula is C20H16N6OS. The van der Waals surface area contributed by atoms with Crippen LogP contribution in [-0.4, -0.2) is 35.6 Å². The Kier molecular flexibility index (Phi) is 4.83. The summed E-state index contributed by atoms with van der Waals surface area (Å²) in [6.45, 7) is 2.01. The van der Waals surface area contributed by atoms with Gasteiger partial charge in [-0.1, -0.05) is 42.1 Å². The normalized spacial score (nSPS) is 12.0. The van der Waals surface area contributed by atoms with Gasteiger partial charge in [0.25, 0.3) is 0 Å². The van der Waals surface area contributed by atoms with Gasteiger partial charge >= 0.3 is 0 Å². The summed E-state index contributed by atoms with van der Waals surface area (Å²) in [5, 5.41) is 28.8. The van der Waals surface area contributed by atoms with Gasteiger partial charge in [0.05, 0.1) is 22.5 Å². The molecule has 0 spiro atoms. The van der Waals surface area contributed by atoms with E-state index in [2.05, 4.69) is 20.2 Å². The first-order chi connectivity index (χ1) is 13.7. The van der Waals surface area contributed by atoms with Gasteiger partial charge in [0, 0.05) is 0 Å². The number of thioether (sulfide) groups is 1. The number of nitrogens with zero attached hydrogens (tertiary/aromatic N) is 5. The van der Waals surface area contributed by atoms with Gasteiger partial charge in [0.15, 0.2) is 11.0 Å². The third-order valence-electron chi connectivity index (χ3n) is 4.26. The Morgan fingerprint density at radius 2 is 2.00 bits per heavy atom. The Bertz CT molecular complexity index is 1180. The third-order valence-corrected chi connectivity index (χ3v) is 5.21. The zero-order valence-electron chi connectivity index (χ0n) is 15.0. The molecule has 0 aliphatic rings. The molecule has 0 amide bonds. The van der Waals surface area contributed by atoms with E-state index in [1.54, 1.807) is 6.33 Å². The molecule has 2 aromatic heterocycles. The highest BCUT2D eigenvalue weighted by molar-refractivity contribution is 7.99. The van der Waals surface area contributed by atoms with Crippen LogP contribution in [0.5, 0.6) is 0 Å². The van der Waals surface area contributed by atoms with Crippen LogP contribution in [0.1, 0.15) is 11.4 Å². The number of aliphatic hydroxyl groups is 1. The van der Waals surface area contributed by atoms with Gasteiger partial charge in [-0.25, -0.2) is 4.98 Å². The summed E-state index contributed by atoms with van der Waals surface area (Å²) < 4.78 is 1.86. The lowest BCUT2D eigenvalue weighted by Gasteiger charge is -2.09. The maximum absolute atomic E-state index is 10.5. The molecule has 0 atom stereocenters. The molecule has 4 rings (SSSR count). The van der Waals surface area contributed by atoms with Crippen molar-refractivity contribution in [2.24, 2.45) is 0 Å². The fourth-order valence-electron chi connectivity index (χ4n) is 2.85. The predicted octanol–water partition coefficient (Wildman–Crippen LogP) is 4.04. The fraction of sp³-hybridized carbons (Fsp3) is 0.100. The number of imidazole rings is 1. The summed E-state index contributed by atoms with van der Waals surface area (Å²) in [7, 11) is 0. The molecule has 8 heteroatoms. The highest BCUT2D eigenvalue weighted by Gasteiger charge is 2.15. The second kappa shape index (κ2) is 7.58. The zero-order chi connectivity index (χ0) is 19.5. The van der Waals surface area contributed by atoms with Gasteiger partial charge in [-0.15, -0.1) is 10.2 Å². The van der Waals surface area contributed by atoms with E-state index in [1.807, 2.05) is 66.1 Å². The summed E-state index contributed by atoms with van der Waals surface area (Å²) in [4.78, 5) is 7.46. The summed E-state index contributed by atoms with van der Waals surface area (Å²) in [5.41, 5.74) is 3.72. The van der Waals surface area contributed by atoms with E-state index in [1.165, 1.54) is 11.8 Å². The van der Waals surface area contributed by atoms with Crippen LogP contribution < -0.4 is 0 Å². The van der Waals surface area contributed by atoms with Crippen molar-refractivity contribution < 1.29 is 5.11 Å². The number of H-pyrrole nitrogens is 1. The maximum Gasteiger partial charge on any atom is 0.196 e. The Labute approximate surface area is 165 Å². The molecule has 28 heavy (non-hydrogen) atoms. The number of benzene rings is 2. The van der Waals surface area contributed by atoms with Crippen LogP contribution in [0.25, 0.3) is 22.3 Å². The van der Waals surface area contributed by atoms with Crippen molar-refractivity contribution in [3.8, 4) is 11.8 Å². The number of nitriles is 1. The molecule has 0 saturated heterocycles. The van der Waals surface area contributed by atoms with E-state index >= 15 is 0 Å². The van der Waals surface area contributed by atoms with Gasteiger partial charge < -0.3 is 10.1 Å². The van der Waals surface area contributed by atoms with Crippen LogP contribution in [-0.2, 0) is 0 Å². The first kappa shape index (κ1) is 17.8. The minimum absolute atomic E-state index is 0.0640. The van der Waals surface area contributed by atoms with Crippen LogP contribution in [0.4, 0.5) is 0 Å².